The van der Waals surface area contributed by atoms with Crippen LogP contribution in [-0.4, -0.2) is 22.3 Å². The number of fused-ring (bicyclic) bond motifs is 1. The van der Waals surface area contributed by atoms with E-state index in [1.165, 1.54) is 4.68 Å². The minimum Gasteiger partial charge on any atom is -0.483 e. The highest BCUT2D eigenvalue weighted by molar-refractivity contribution is 5.88. The molecule has 1 heterocycles. The molecule has 100 valence electrons. The van der Waals surface area contributed by atoms with Crippen LogP contribution >= 0.6 is 0 Å². The van der Waals surface area contributed by atoms with E-state index in [9.17, 15) is 4.79 Å². The quantitative estimate of drug-likeness (QED) is 0.731. The summed E-state index contributed by atoms with van der Waals surface area (Å²) < 4.78 is 6.94. The average molecular weight is 266 g/mol. The van der Waals surface area contributed by atoms with E-state index in [-0.39, 0.29) is 12.5 Å². The Morgan fingerprint density at radius 1 is 1.15 bits per heavy atom. The third-order valence-corrected chi connectivity index (χ3v) is 3.08. The lowest BCUT2D eigenvalue weighted by Crippen LogP contribution is -2.19. The maximum Gasteiger partial charge on any atom is 0.284 e. The van der Waals surface area contributed by atoms with Gasteiger partial charge in [0.1, 0.15) is 5.75 Å². The van der Waals surface area contributed by atoms with Gasteiger partial charge in [-0.25, -0.2) is 4.68 Å². The van der Waals surface area contributed by atoms with Crippen molar-refractivity contribution in [3.05, 3.63) is 60.4 Å². The number of rotatable bonds is 3. The molecule has 0 fully saturated rings. The molecule has 0 aliphatic heterocycles. The van der Waals surface area contributed by atoms with Crippen LogP contribution in [0.2, 0.25) is 0 Å². The predicted octanol–water partition coefficient (Wildman–Crippen LogP) is 3.06. The Morgan fingerprint density at radius 2 is 1.95 bits per heavy atom. The van der Waals surface area contributed by atoms with Gasteiger partial charge in [0.15, 0.2) is 6.61 Å². The van der Waals surface area contributed by atoms with Crippen molar-refractivity contribution in [2.75, 3.05) is 6.61 Å². The SMILES string of the molecule is Cc1ccn(C(=O)COc2cccc3ccccc23)n1. The Bertz CT molecular complexity index is 757. The van der Waals surface area contributed by atoms with Crippen LogP contribution in [0.15, 0.2) is 54.7 Å². The number of nitrogens with zero attached hydrogens (tertiary/aromatic N) is 2. The largest absolute Gasteiger partial charge is 0.483 e. The number of carbonyl (C=O) groups is 1. The van der Waals surface area contributed by atoms with Gasteiger partial charge in [-0.1, -0.05) is 36.4 Å². The predicted molar refractivity (Wildman–Crippen MR) is 77.0 cm³/mol. The van der Waals surface area contributed by atoms with Crippen LogP contribution in [-0.2, 0) is 0 Å². The summed E-state index contributed by atoms with van der Waals surface area (Å²) >= 11 is 0. The molecule has 0 saturated heterocycles. The van der Waals surface area contributed by atoms with Crippen molar-refractivity contribution in [3.63, 3.8) is 0 Å². The molecule has 3 rings (SSSR count). The van der Waals surface area contributed by atoms with Crippen LogP contribution in [0.4, 0.5) is 0 Å². The van der Waals surface area contributed by atoms with Crippen LogP contribution < -0.4 is 4.74 Å². The number of hydrogen-bond donors (Lipinski definition) is 0. The van der Waals surface area contributed by atoms with Gasteiger partial charge in [-0.3, -0.25) is 4.79 Å². The highest BCUT2D eigenvalue weighted by Gasteiger charge is 2.08. The molecule has 1 aromatic heterocycles. The van der Waals surface area contributed by atoms with Gasteiger partial charge >= 0.3 is 0 Å². The van der Waals surface area contributed by atoms with E-state index in [4.69, 9.17) is 4.74 Å². The van der Waals surface area contributed by atoms with E-state index < -0.39 is 0 Å². The number of aromatic nitrogens is 2. The molecule has 0 unspecified atom stereocenters. The zero-order valence-electron chi connectivity index (χ0n) is 11.1. The average Bonchev–Trinajstić information content (AvgIpc) is 2.91. The van der Waals surface area contributed by atoms with Gasteiger partial charge in [0.05, 0.1) is 5.69 Å². The summed E-state index contributed by atoms with van der Waals surface area (Å²) in [7, 11) is 0. The molecule has 0 aliphatic rings. The van der Waals surface area contributed by atoms with Crippen molar-refractivity contribution in [2.45, 2.75) is 6.92 Å². The van der Waals surface area contributed by atoms with Crippen LogP contribution in [0, 0.1) is 6.92 Å². The summed E-state index contributed by atoms with van der Waals surface area (Å²) in [6.07, 6.45) is 1.64. The van der Waals surface area contributed by atoms with E-state index >= 15 is 0 Å². The van der Waals surface area contributed by atoms with Crippen LogP contribution in [0.1, 0.15) is 10.5 Å². The maximum absolute atomic E-state index is 11.9. The fraction of sp³-hybridized carbons (Fsp3) is 0.125. The van der Waals surface area contributed by atoms with Gasteiger partial charge in [-0.15, -0.1) is 0 Å². The zero-order valence-corrected chi connectivity index (χ0v) is 11.1. The third-order valence-electron chi connectivity index (χ3n) is 3.08. The number of carbonyl (C=O) groups excluding carboxylic acids is 1. The van der Waals surface area contributed by atoms with Crippen molar-refractivity contribution in [1.29, 1.82) is 0 Å². The van der Waals surface area contributed by atoms with Crippen molar-refractivity contribution in [3.8, 4) is 5.75 Å². The smallest absolute Gasteiger partial charge is 0.284 e. The molecule has 0 aliphatic carbocycles. The van der Waals surface area contributed by atoms with Crippen LogP contribution in [0.25, 0.3) is 10.8 Å². The Balaban J connectivity index is 1.79. The first-order valence-corrected chi connectivity index (χ1v) is 6.40. The molecule has 0 radical (unpaired) electrons. The number of hydrogen-bond acceptors (Lipinski definition) is 3. The second kappa shape index (κ2) is 5.17. The van der Waals surface area contributed by atoms with Crippen LogP contribution in [0.3, 0.4) is 0 Å². The van der Waals surface area contributed by atoms with Gasteiger partial charge in [-0.05, 0) is 24.4 Å². The Kier molecular flexibility index (Phi) is 3.21. The second-order valence-corrected chi connectivity index (χ2v) is 4.56. The van der Waals surface area contributed by atoms with E-state index in [1.807, 2.05) is 49.4 Å². The van der Waals surface area contributed by atoms with Crippen molar-refractivity contribution in [2.24, 2.45) is 0 Å². The molecule has 0 spiro atoms. The summed E-state index contributed by atoms with van der Waals surface area (Å²) in [5, 5.41) is 6.16. The van der Waals surface area contributed by atoms with Gasteiger partial charge in [-0.2, -0.15) is 5.10 Å². The minimum atomic E-state index is -0.189. The highest BCUT2D eigenvalue weighted by atomic mass is 16.5. The second-order valence-electron chi connectivity index (χ2n) is 4.56. The van der Waals surface area contributed by atoms with Gasteiger partial charge in [0.25, 0.3) is 5.91 Å². The highest BCUT2D eigenvalue weighted by Crippen LogP contribution is 2.24. The lowest BCUT2D eigenvalue weighted by molar-refractivity contribution is 0.0822. The molecule has 20 heavy (non-hydrogen) atoms. The van der Waals surface area contributed by atoms with Crippen LogP contribution in [0.5, 0.6) is 5.75 Å². The number of ether oxygens (including phenoxy) is 1. The standard InChI is InChI=1S/C16H14N2O2/c1-12-9-10-18(17-12)16(19)11-20-15-8-4-6-13-5-2-3-7-14(13)15/h2-10H,11H2,1H3. The molecular formula is C16H14N2O2. The van der Waals surface area contributed by atoms with Crippen molar-refractivity contribution in [1.82, 2.24) is 9.78 Å². The number of benzene rings is 2. The summed E-state index contributed by atoms with van der Waals surface area (Å²) in [6.45, 7) is 1.81. The summed E-state index contributed by atoms with van der Waals surface area (Å²) in [5.41, 5.74) is 0.809. The van der Waals surface area contributed by atoms with E-state index in [1.54, 1.807) is 12.3 Å². The zero-order chi connectivity index (χ0) is 13.9. The first-order chi connectivity index (χ1) is 9.74. The Hall–Kier alpha value is -2.62. The lowest BCUT2D eigenvalue weighted by atomic mass is 10.1. The number of aryl methyl sites for hydroxylation is 1. The van der Waals surface area contributed by atoms with Gasteiger partial charge < -0.3 is 4.74 Å². The molecule has 0 atom stereocenters. The molecule has 3 aromatic rings. The van der Waals surface area contributed by atoms with E-state index in [0.717, 1.165) is 16.5 Å². The topological polar surface area (TPSA) is 44.1 Å². The summed E-state index contributed by atoms with van der Waals surface area (Å²) in [5.74, 6) is 0.520. The molecule has 0 saturated carbocycles. The first-order valence-electron chi connectivity index (χ1n) is 6.40. The molecule has 0 bridgehead atoms. The molecule has 4 nitrogen and oxygen atoms in total. The minimum absolute atomic E-state index is 0.0326. The van der Waals surface area contributed by atoms with Crippen molar-refractivity contribution < 1.29 is 9.53 Å². The Labute approximate surface area is 116 Å². The lowest BCUT2D eigenvalue weighted by Gasteiger charge is -2.08. The Morgan fingerprint density at radius 3 is 2.75 bits per heavy atom. The van der Waals surface area contributed by atoms with Gasteiger partial charge in [0, 0.05) is 11.6 Å². The fourth-order valence-electron chi connectivity index (χ4n) is 2.08. The first kappa shape index (κ1) is 12.4. The van der Waals surface area contributed by atoms with E-state index in [2.05, 4.69) is 5.10 Å². The monoisotopic (exact) mass is 266 g/mol. The normalized spacial score (nSPS) is 10.7. The molecular weight excluding hydrogens is 252 g/mol. The molecule has 4 heteroatoms. The van der Waals surface area contributed by atoms with Crippen molar-refractivity contribution >= 4 is 16.7 Å². The summed E-state index contributed by atoms with van der Waals surface area (Å²) in [6, 6.07) is 15.5. The molecule has 2 aromatic carbocycles. The molecule has 0 amide bonds. The van der Waals surface area contributed by atoms with E-state index in [0.29, 0.717) is 5.75 Å². The van der Waals surface area contributed by atoms with Gasteiger partial charge in [0.2, 0.25) is 0 Å². The summed E-state index contributed by atoms with van der Waals surface area (Å²) in [4.78, 5) is 11.9. The molecule has 0 N–H and O–H groups in total. The maximum atomic E-state index is 11.9. The fourth-order valence-corrected chi connectivity index (χ4v) is 2.08. The third kappa shape index (κ3) is 2.40.